The molecule has 0 saturated heterocycles. The standard InChI is InChI=1S/C15H14ClFN4O/c1-2-15(11(18)22)10(13-3-4-14(15,6-13)7-13)20-9-8(17)5-19-12(16)21-9/h2-5,10H,1,6-7H2,(H2,18,22)(H,19,20,21)/t10-,13?,14?,15+/m1/s1. The molecule has 5 nitrogen and oxygen atoms in total. The van der Waals surface area contributed by atoms with E-state index in [-0.39, 0.29) is 28.0 Å². The normalized spacial score (nSPS) is 40.4. The highest BCUT2D eigenvalue weighted by Gasteiger charge is 2.81. The summed E-state index contributed by atoms with van der Waals surface area (Å²) in [4.78, 5) is 19.7. The van der Waals surface area contributed by atoms with Gasteiger partial charge in [-0.1, -0.05) is 18.2 Å². The molecule has 22 heavy (non-hydrogen) atoms. The van der Waals surface area contributed by atoms with E-state index in [1.54, 1.807) is 6.08 Å². The van der Waals surface area contributed by atoms with Crippen molar-refractivity contribution >= 4 is 23.3 Å². The minimum atomic E-state index is -0.953. The van der Waals surface area contributed by atoms with Gasteiger partial charge >= 0.3 is 0 Å². The van der Waals surface area contributed by atoms with E-state index in [4.69, 9.17) is 17.3 Å². The fourth-order valence-electron chi connectivity index (χ4n) is 4.81. The molecule has 114 valence electrons. The molecule has 5 aliphatic rings. The lowest BCUT2D eigenvalue weighted by molar-refractivity contribution is -0.128. The molecular weight excluding hydrogens is 307 g/mol. The van der Waals surface area contributed by atoms with E-state index in [2.05, 4.69) is 34.0 Å². The summed E-state index contributed by atoms with van der Waals surface area (Å²) in [6.45, 7) is 3.83. The van der Waals surface area contributed by atoms with Gasteiger partial charge in [-0.3, -0.25) is 4.79 Å². The van der Waals surface area contributed by atoms with Crippen LogP contribution in [0.2, 0.25) is 5.28 Å². The van der Waals surface area contributed by atoms with Crippen molar-refractivity contribution in [3.63, 3.8) is 0 Å². The number of hydrogen-bond acceptors (Lipinski definition) is 4. The first-order valence-corrected chi connectivity index (χ1v) is 7.35. The Bertz CT molecular complexity index is 743. The van der Waals surface area contributed by atoms with Crippen LogP contribution in [0.25, 0.3) is 0 Å². The Labute approximate surface area is 131 Å². The van der Waals surface area contributed by atoms with E-state index >= 15 is 0 Å². The van der Waals surface area contributed by atoms with E-state index in [9.17, 15) is 9.18 Å². The first-order chi connectivity index (χ1) is 10.4. The van der Waals surface area contributed by atoms with Crippen molar-refractivity contribution in [2.45, 2.75) is 18.9 Å². The summed E-state index contributed by atoms with van der Waals surface area (Å²) in [5.74, 6) is -1.09. The molecule has 0 radical (unpaired) electrons. The minimum Gasteiger partial charge on any atom is -0.369 e. The molecule has 1 aromatic rings. The van der Waals surface area contributed by atoms with Crippen LogP contribution in [0.4, 0.5) is 10.2 Å². The summed E-state index contributed by atoms with van der Waals surface area (Å²) in [6.07, 6.45) is 8.38. The molecule has 3 fully saturated rings. The summed E-state index contributed by atoms with van der Waals surface area (Å²) in [5, 5.41) is 2.99. The number of amides is 1. The highest BCUT2D eigenvalue weighted by molar-refractivity contribution is 6.28. The number of halogens is 2. The highest BCUT2D eigenvalue weighted by Crippen LogP contribution is 2.81. The smallest absolute Gasteiger partial charge is 0.230 e. The first kappa shape index (κ1) is 13.7. The largest absolute Gasteiger partial charge is 0.369 e. The molecular formula is C15H14ClFN4O. The van der Waals surface area contributed by atoms with Gasteiger partial charge in [0.1, 0.15) is 0 Å². The fraction of sp³-hybridized carbons (Fsp3) is 0.400. The summed E-state index contributed by atoms with van der Waals surface area (Å²) >= 11 is 5.74. The van der Waals surface area contributed by atoms with Gasteiger partial charge in [0.05, 0.1) is 17.7 Å². The maximum Gasteiger partial charge on any atom is 0.230 e. The Morgan fingerprint density at radius 3 is 2.91 bits per heavy atom. The van der Waals surface area contributed by atoms with Gasteiger partial charge < -0.3 is 11.1 Å². The summed E-state index contributed by atoms with van der Waals surface area (Å²) < 4.78 is 14.0. The number of hydrogen-bond donors (Lipinski definition) is 2. The zero-order chi connectivity index (χ0) is 15.8. The zero-order valence-corrected chi connectivity index (χ0v) is 12.4. The van der Waals surface area contributed by atoms with Gasteiger partial charge in [-0.05, 0) is 24.4 Å². The second-order valence-electron chi connectivity index (χ2n) is 6.43. The summed E-state index contributed by atoms with van der Waals surface area (Å²) in [7, 11) is 0. The molecule has 1 heterocycles. The lowest BCUT2D eigenvalue weighted by Crippen LogP contribution is -2.51. The van der Waals surface area contributed by atoms with Gasteiger partial charge in [0, 0.05) is 10.8 Å². The highest BCUT2D eigenvalue weighted by atomic mass is 35.5. The third-order valence-electron chi connectivity index (χ3n) is 5.60. The Morgan fingerprint density at radius 1 is 1.55 bits per heavy atom. The first-order valence-electron chi connectivity index (χ1n) is 6.98. The Hall–Kier alpha value is -1.95. The van der Waals surface area contributed by atoms with E-state index in [1.807, 2.05) is 0 Å². The van der Waals surface area contributed by atoms with Crippen molar-refractivity contribution in [3.8, 4) is 0 Å². The number of primary amides is 1. The Kier molecular flexibility index (Phi) is 2.41. The van der Waals surface area contributed by atoms with Crippen LogP contribution in [0.1, 0.15) is 12.8 Å². The van der Waals surface area contributed by atoms with E-state index in [0.29, 0.717) is 0 Å². The topological polar surface area (TPSA) is 80.9 Å². The number of nitrogens with zero attached hydrogens (tertiary/aromatic N) is 2. The predicted molar refractivity (Wildman–Crippen MR) is 79.5 cm³/mol. The molecule has 3 N–H and O–H groups in total. The van der Waals surface area contributed by atoms with Crippen LogP contribution in [-0.4, -0.2) is 21.9 Å². The van der Waals surface area contributed by atoms with Gasteiger partial charge in [0.2, 0.25) is 11.2 Å². The minimum absolute atomic E-state index is 0.0187. The molecule has 5 aliphatic carbocycles. The molecule has 7 heteroatoms. The maximum atomic E-state index is 14.0. The van der Waals surface area contributed by atoms with Crippen molar-refractivity contribution in [2.75, 3.05) is 5.32 Å². The molecule has 0 aliphatic heterocycles. The average molecular weight is 321 g/mol. The van der Waals surface area contributed by atoms with Gasteiger partial charge in [0.15, 0.2) is 11.6 Å². The number of aromatic nitrogens is 2. The SMILES string of the molecule is C=C[C@@]1(C(N)=O)[C@H](Nc2nc(Cl)ncc2F)C23C=CC1(C2)C3. The quantitative estimate of drug-likeness (QED) is 0.657. The van der Waals surface area contributed by atoms with Crippen molar-refractivity contribution in [3.05, 3.63) is 42.1 Å². The Morgan fingerprint density at radius 2 is 2.27 bits per heavy atom. The third-order valence-corrected chi connectivity index (χ3v) is 5.79. The number of carbonyl (C=O) groups is 1. The number of rotatable bonds is 4. The van der Waals surface area contributed by atoms with Crippen LogP contribution in [0.3, 0.4) is 0 Å². The molecule has 1 amide bonds. The number of fused-ring (bicyclic) bond motifs is 1. The van der Waals surface area contributed by atoms with Gasteiger partial charge in [-0.15, -0.1) is 6.58 Å². The molecule has 2 bridgehead atoms. The second-order valence-corrected chi connectivity index (χ2v) is 6.76. The zero-order valence-electron chi connectivity index (χ0n) is 11.6. The van der Waals surface area contributed by atoms with Crippen LogP contribution in [-0.2, 0) is 4.79 Å². The fourth-order valence-corrected chi connectivity index (χ4v) is 4.94. The van der Waals surface area contributed by atoms with Crippen LogP contribution < -0.4 is 11.1 Å². The van der Waals surface area contributed by atoms with Gasteiger partial charge in [-0.2, -0.15) is 4.98 Å². The third kappa shape index (κ3) is 1.28. The maximum absolute atomic E-state index is 14.0. The van der Waals surface area contributed by atoms with Crippen LogP contribution in [0.5, 0.6) is 0 Å². The lowest BCUT2D eigenvalue weighted by atomic mass is 9.61. The van der Waals surface area contributed by atoms with E-state index in [0.717, 1.165) is 19.0 Å². The van der Waals surface area contributed by atoms with Crippen LogP contribution in [0.15, 0.2) is 31.0 Å². The van der Waals surface area contributed by atoms with Gasteiger partial charge in [-0.25, -0.2) is 9.37 Å². The number of nitrogens with two attached hydrogens (primary N) is 1. The van der Waals surface area contributed by atoms with Crippen molar-refractivity contribution < 1.29 is 9.18 Å². The molecule has 0 spiro atoms. The number of nitrogens with one attached hydrogen (secondary N) is 1. The van der Waals surface area contributed by atoms with Gasteiger partial charge in [0.25, 0.3) is 0 Å². The van der Waals surface area contributed by atoms with Crippen molar-refractivity contribution in [2.24, 2.45) is 22.0 Å². The number of anilines is 1. The molecule has 0 unspecified atom stereocenters. The summed E-state index contributed by atoms with van der Waals surface area (Å²) in [5.41, 5.74) is 4.23. The van der Waals surface area contributed by atoms with Crippen molar-refractivity contribution in [1.82, 2.24) is 9.97 Å². The monoisotopic (exact) mass is 320 g/mol. The van der Waals surface area contributed by atoms with E-state index in [1.165, 1.54) is 0 Å². The summed E-state index contributed by atoms with van der Waals surface area (Å²) in [6, 6.07) is -0.388. The number of carbonyl (C=O) groups excluding carboxylic acids is 1. The average Bonchev–Trinajstić information content (AvgIpc) is 3.10. The van der Waals surface area contributed by atoms with E-state index < -0.39 is 17.1 Å². The van der Waals surface area contributed by atoms with Crippen LogP contribution in [0, 0.1) is 22.1 Å². The molecule has 0 aromatic carbocycles. The Balaban J connectivity index is 1.81. The van der Waals surface area contributed by atoms with Crippen LogP contribution >= 0.6 is 11.6 Å². The molecule has 1 aromatic heterocycles. The lowest BCUT2D eigenvalue weighted by Gasteiger charge is -2.41. The molecule has 2 atom stereocenters. The van der Waals surface area contributed by atoms with Crippen molar-refractivity contribution in [1.29, 1.82) is 0 Å². The molecule has 3 saturated carbocycles. The predicted octanol–water partition coefficient (Wildman–Crippen LogP) is 2.06. The number of allylic oxidation sites excluding steroid dienone is 1. The molecule has 6 rings (SSSR count). The second kappa shape index (κ2) is 3.87.